The molecule has 19 heavy (non-hydrogen) atoms. The SMILES string of the molecule is Clc1cc(Cl)nc(NC23CC4CC(CC(C4)C2)C3)n1. The van der Waals surface area contributed by atoms with Gasteiger partial charge in [-0.05, 0) is 56.3 Å². The van der Waals surface area contributed by atoms with Gasteiger partial charge >= 0.3 is 0 Å². The van der Waals surface area contributed by atoms with Gasteiger partial charge in [-0.1, -0.05) is 23.2 Å². The van der Waals surface area contributed by atoms with Gasteiger partial charge in [0.25, 0.3) is 0 Å². The van der Waals surface area contributed by atoms with E-state index in [0.29, 0.717) is 16.3 Å². The van der Waals surface area contributed by atoms with Gasteiger partial charge in [-0.2, -0.15) is 0 Å². The van der Waals surface area contributed by atoms with E-state index in [1.165, 1.54) is 38.5 Å². The summed E-state index contributed by atoms with van der Waals surface area (Å²) < 4.78 is 0. The van der Waals surface area contributed by atoms with Crippen LogP contribution in [-0.4, -0.2) is 15.5 Å². The zero-order valence-electron chi connectivity index (χ0n) is 10.7. The predicted molar refractivity (Wildman–Crippen MR) is 76.6 cm³/mol. The maximum atomic E-state index is 5.96. The van der Waals surface area contributed by atoms with E-state index in [2.05, 4.69) is 15.3 Å². The van der Waals surface area contributed by atoms with Gasteiger partial charge in [0.05, 0.1) is 0 Å². The maximum Gasteiger partial charge on any atom is 0.225 e. The van der Waals surface area contributed by atoms with Crippen LogP contribution in [-0.2, 0) is 0 Å². The third-order valence-corrected chi connectivity index (χ3v) is 5.47. The molecule has 0 unspecified atom stereocenters. The van der Waals surface area contributed by atoms with Crippen LogP contribution in [0, 0.1) is 17.8 Å². The van der Waals surface area contributed by atoms with Gasteiger partial charge in [-0.3, -0.25) is 0 Å². The molecule has 0 amide bonds. The van der Waals surface area contributed by atoms with Crippen molar-refractivity contribution in [3.8, 4) is 0 Å². The summed E-state index contributed by atoms with van der Waals surface area (Å²) in [6.07, 6.45) is 8.06. The molecular weight excluding hydrogens is 281 g/mol. The van der Waals surface area contributed by atoms with Crippen LogP contribution in [0.1, 0.15) is 38.5 Å². The number of aromatic nitrogens is 2. The average molecular weight is 298 g/mol. The highest BCUT2D eigenvalue weighted by Gasteiger charge is 2.51. The molecule has 0 aliphatic heterocycles. The smallest absolute Gasteiger partial charge is 0.225 e. The van der Waals surface area contributed by atoms with Crippen LogP contribution >= 0.6 is 23.2 Å². The second-order valence-electron chi connectivity index (χ2n) is 6.66. The van der Waals surface area contributed by atoms with Crippen LogP contribution < -0.4 is 5.32 Å². The number of nitrogens with one attached hydrogen (secondary N) is 1. The van der Waals surface area contributed by atoms with Crippen LogP contribution in [0.5, 0.6) is 0 Å². The molecule has 0 radical (unpaired) electrons. The number of anilines is 1. The first-order valence-electron chi connectivity index (χ1n) is 7.08. The highest BCUT2D eigenvalue weighted by Crippen LogP contribution is 2.56. The summed E-state index contributed by atoms with van der Waals surface area (Å²) in [5.74, 6) is 3.29. The van der Waals surface area contributed by atoms with Crippen LogP contribution in [0.15, 0.2) is 6.07 Å². The molecule has 5 rings (SSSR count). The Labute approximate surface area is 123 Å². The van der Waals surface area contributed by atoms with Gasteiger partial charge in [-0.15, -0.1) is 0 Å². The zero-order valence-corrected chi connectivity index (χ0v) is 12.2. The van der Waals surface area contributed by atoms with Gasteiger partial charge in [-0.25, -0.2) is 9.97 Å². The molecular formula is C14H17Cl2N3. The lowest BCUT2D eigenvalue weighted by Gasteiger charge is -2.56. The second kappa shape index (κ2) is 4.23. The fourth-order valence-electron chi connectivity index (χ4n) is 4.95. The Bertz CT molecular complexity index is 462. The van der Waals surface area contributed by atoms with Crippen LogP contribution in [0.3, 0.4) is 0 Å². The Morgan fingerprint density at radius 3 is 1.89 bits per heavy atom. The minimum absolute atomic E-state index is 0.197. The highest BCUT2D eigenvalue weighted by atomic mass is 35.5. The molecule has 4 bridgehead atoms. The molecule has 1 aromatic rings. The summed E-state index contributed by atoms with van der Waals surface area (Å²) in [6, 6.07) is 1.58. The van der Waals surface area contributed by atoms with Crippen molar-refractivity contribution in [3.63, 3.8) is 0 Å². The minimum atomic E-state index is 0.197. The lowest BCUT2D eigenvalue weighted by Crippen LogP contribution is -2.55. The van der Waals surface area contributed by atoms with E-state index < -0.39 is 0 Å². The summed E-state index contributed by atoms with van der Waals surface area (Å²) in [5.41, 5.74) is 0.197. The van der Waals surface area contributed by atoms with Crippen molar-refractivity contribution in [2.24, 2.45) is 17.8 Å². The van der Waals surface area contributed by atoms with Gasteiger partial charge in [0.1, 0.15) is 10.3 Å². The molecule has 4 aliphatic carbocycles. The fraction of sp³-hybridized carbons (Fsp3) is 0.714. The molecule has 4 aliphatic rings. The molecule has 3 nitrogen and oxygen atoms in total. The lowest BCUT2D eigenvalue weighted by molar-refractivity contribution is 0.0103. The van der Waals surface area contributed by atoms with Crippen molar-refractivity contribution in [2.45, 2.75) is 44.1 Å². The Morgan fingerprint density at radius 2 is 1.42 bits per heavy atom. The molecule has 1 aromatic heterocycles. The van der Waals surface area contributed by atoms with E-state index >= 15 is 0 Å². The van der Waals surface area contributed by atoms with E-state index in [4.69, 9.17) is 23.2 Å². The maximum absolute atomic E-state index is 5.96. The van der Waals surface area contributed by atoms with E-state index in [9.17, 15) is 0 Å². The molecule has 0 spiro atoms. The van der Waals surface area contributed by atoms with Crippen LogP contribution in [0.4, 0.5) is 5.95 Å². The molecule has 0 aromatic carbocycles. The monoisotopic (exact) mass is 297 g/mol. The third-order valence-electron chi connectivity index (χ3n) is 5.08. The topological polar surface area (TPSA) is 37.8 Å². The Kier molecular flexibility index (Phi) is 2.72. The van der Waals surface area contributed by atoms with Crippen molar-refractivity contribution >= 4 is 29.2 Å². The first-order valence-corrected chi connectivity index (χ1v) is 7.84. The van der Waals surface area contributed by atoms with Crippen molar-refractivity contribution < 1.29 is 0 Å². The zero-order chi connectivity index (χ0) is 13.0. The van der Waals surface area contributed by atoms with Crippen LogP contribution in [0.25, 0.3) is 0 Å². The number of halogens is 2. The lowest BCUT2D eigenvalue weighted by atomic mass is 9.53. The molecule has 0 atom stereocenters. The second-order valence-corrected chi connectivity index (χ2v) is 7.43. The summed E-state index contributed by atoms with van der Waals surface area (Å²) in [5, 5.41) is 4.40. The Balaban J connectivity index is 1.62. The summed E-state index contributed by atoms with van der Waals surface area (Å²) in [4.78, 5) is 8.54. The van der Waals surface area contributed by atoms with E-state index in [1.54, 1.807) is 6.07 Å². The quantitative estimate of drug-likeness (QED) is 0.833. The molecule has 0 saturated heterocycles. The first kappa shape index (κ1) is 12.2. The van der Waals surface area contributed by atoms with E-state index in [1.807, 2.05) is 0 Å². The average Bonchev–Trinajstić information content (AvgIpc) is 2.23. The highest BCUT2D eigenvalue weighted by molar-refractivity contribution is 6.33. The minimum Gasteiger partial charge on any atom is -0.349 e. The number of hydrogen-bond acceptors (Lipinski definition) is 3. The molecule has 1 N–H and O–H groups in total. The summed E-state index contributed by atoms with van der Waals surface area (Å²) >= 11 is 11.9. The Morgan fingerprint density at radius 1 is 0.947 bits per heavy atom. The van der Waals surface area contributed by atoms with Crippen molar-refractivity contribution in [1.82, 2.24) is 9.97 Å². The number of hydrogen-bond donors (Lipinski definition) is 1. The summed E-state index contributed by atoms with van der Waals surface area (Å²) in [6.45, 7) is 0. The number of nitrogens with zero attached hydrogens (tertiary/aromatic N) is 2. The van der Waals surface area contributed by atoms with Gasteiger partial charge < -0.3 is 5.32 Å². The van der Waals surface area contributed by atoms with Crippen LogP contribution in [0.2, 0.25) is 10.3 Å². The predicted octanol–water partition coefficient (Wildman–Crippen LogP) is 4.16. The van der Waals surface area contributed by atoms with Gasteiger partial charge in [0, 0.05) is 11.6 Å². The standard InChI is InChI=1S/C14H17Cl2N3/c15-11-4-12(16)18-13(17-11)19-14-5-8-1-9(6-14)3-10(2-8)7-14/h4,8-10H,1-3,5-7H2,(H,17,18,19). The molecule has 102 valence electrons. The van der Waals surface area contributed by atoms with Crippen molar-refractivity contribution in [3.05, 3.63) is 16.4 Å². The summed E-state index contributed by atoms with van der Waals surface area (Å²) in [7, 11) is 0. The Hall–Kier alpha value is -0.540. The van der Waals surface area contributed by atoms with E-state index in [0.717, 1.165) is 17.8 Å². The van der Waals surface area contributed by atoms with Crippen molar-refractivity contribution in [1.29, 1.82) is 0 Å². The molecule has 4 saturated carbocycles. The van der Waals surface area contributed by atoms with Gasteiger partial charge in [0.15, 0.2) is 0 Å². The first-order chi connectivity index (χ1) is 9.10. The third kappa shape index (κ3) is 2.21. The number of rotatable bonds is 2. The molecule has 1 heterocycles. The normalized spacial score (nSPS) is 39.6. The van der Waals surface area contributed by atoms with Crippen molar-refractivity contribution in [2.75, 3.05) is 5.32 Å². The molecule has 5 heteroatoms. The largest absolute Gasteiger partial charge is 0.349 e. The van der Waals surface area contributed by atoms with E-state index in [-0.39, 0.29) is 5.54 Å². The van der Waals surface area contributed by atoms with Gasteiger partial charge in [0.2, 0.25) is 5.95 Å². The molecule has 4 fully saturated rings. The fourth-order valence-corrected chi connectivity index (χ4v) is 5.37.